The number of ether oxygens (including phenoxy) is 2. The lowest BCUT2D eigenvalue weighted by molar-refractivity contribution is -0.121. The number of piperazine rings is 1. The van der Waals surface area contributed by atoms with Crippen molar-refractivity contribution in [3.63, 3.8) is 0 Å². The summed E-state index contributed by atoms with van der Waals surface area (Å²) < 4.78 is 41.0. The summed E-state index contributed by atoms with van der Waals surface area (Å²) in [5.74, 6) is -3.20. The Labute approximate surface area is 249 Å². The fourth-order valence-electron chi connectivity index (χ4n) is 6.23. The number of fused-ring (bicyclic) bond motifs is 1. The quantitative estimate of drug-likeness (QED) is 0.456. The third-order valence-electron chi connectivity index (χ3n) is 8.57. The molecule has 236 valence electrons. The van der Waals surface area contributed by atoms with E-state index in [9.17, 15) is 18.4 Å². The van der Waals surface area contributed by atoms with Gasteiger partial charge in [0.05, 0.1) is 25.4 Å². The van der Waals surface area contributed by atoms with Crippen LogP contribution in [-0.2, 0) is 25.6 Å². The van der Waals surface area contributed by atoms with E-state index in [-0.39, 0.29) is 48.8 Å². The van der Waals surface area contributed by atoms with Gasteiger partial charge >= 0.3 is 6.09 Å². The topological polar surface area (TPSA) is 78.5 Å². The van der Waals surface area contributed by atoms with Crippen LogP contribution in [-0.4, -0.2) is 108 Å². The summed E-state index contributed by atoms with van der Waals surface area (Å²) in [5.41, 5.74) is -0.00639. The largest absolute Gasteiger partial charge is 0.444 e. The molecular formula is C31H49F2N5O4. The second kappa shape index (κ2) is 12.3. The lowest BCUT2D eigenvalue weighted by atomic mass is 9.88. The molecule has 0 aliphatic carbocycles. The fraction of sp³-hybridized carbons (Fsp3) is 0.774. The van der Waals surface area contributed by atoms with Gasteiger partial charge in [-0.15, -0.1) is 0 Å². The average molecular weight is 594 g/mol. The zero-order chi connectivity index (χ0) is 31.0. The molecule has 4 rings (SSSR count). The van der Waals surface area contributed by atoms with Crippen LogP contribution in [0.15, 0.2) is 12.3 Å². The Morgan fingerprint density at radius 2 is 1.86 bits per heavy atom. The standard InChI is InChI=1S/C31H49F2N5O4/c1-9-10-31(32,33)26-13-25-24(14-34-26)30(7,8)20-38(25)27(39)18-36-15-21(2)37(28(40)42-29(4,5)6)17-23(36)16-35-11-12-41-19-22(35)3/h13-14,21-23H,9-12,15-20H2,1-8H3/t21-,22?,23+/m1/s1. The minimum Gasteiger partial charge on any atom is -0.444 e. The first-order valence-electron chi connectivity index (χ1n) is 15.3. The van der Waals surface area contributed by atoms with Gasteiger partial charge in [0.1, 0.15) is 11.3 Å². The maximum atomic E-state index is 14.8. The maximum absolute atomic E-state index is 14.8. The molecule has 2 fully saturated rings. The van der Waals surface area contributed by atoms with Crippen LogP contribution in [0, 0.1) is 0 Å². The summed E-state index contributed by atoms with van der Waals surface area (Å²) in [6.07, 6.45) is 1.20. The van der Waals surface area contributed by atoms with Crippen molar-refractivity contribution < 1.29 is 27.8 Å². The van der Waals surface area contributed by atoms with E-state index >= 15 is 0 Å². The zero-order valence-corrected chi connectivity index (χ0v) is 26.6. The zero-order valence-electron chi connectivity index (χ0n) is 26.6. The molecule has 3 aliphatic heterocycles. The van der Waals surface area contributed by atoms with Crippen LogP contribution in [0.2, 0.25) is 0 Å². The summed E-state index contributed by atoms with van der Waals surface area (Å²) in [5, 5.41) is 0. The van der Waals surface area contributed by atoms with Gasteiger partial charge in [0.15, 0.2) is 0 Å². The average Bonchev–Trinajstić information content (AvgIpc) is 3.16. The number of hydrogen-bond acceptors (Lipinski definition) is 7. The van der Waals surface area contributed by atoms with E-state index in [1.165, 1.54) is 12.3 Å². The number of hydrogen-bond donors (Lipinski definition) is 0. The van der Waals surface area contributed by atoms with Crippen molar-refractivity contribution in [2.75, 3.05) is 57.4 Å². The predicted molar refractivity (Wildman–Crippen MR) is 158 cm³/mol. The number of nitrogens with zero attached hydrogens (tertiary/aromatic N) is 5. The molecule has 0 bridgehead atoms. The molecule has 3 atom stereocenters. The van der Waals surface area contributed by atoms with Gasteiger partial charge in [-0.1, -0.05) is 27.2 Å². The van der Waals surface area contributed by atoms with Crippen LogP contribution in [0.4, 0.5) is 19.3 Å². The lowest BCUT2D eigenvalue weighted by Gasteiger charge is -2.47. The molecule has 1 aromatic rings. The first kappa shape index (κ1) is 32.5. The van der Waals surface area contributed by atoms with Crippen LogP contribution in [0.5, 0.6) is 0 Å². The van der Waals surface area contributed by atoms with Crippen molar-refractivity contribution in [3.05, 3.63) is 23.5 Å². The van der Waals surface area contributed by atoms with E-state index in [4.69, 9.17) is 9.47 Å². The van der Waals surface area contributed by atoms with Gasteiger partial charge in [0.25, 0.3) is 5.92 Å². The number of pyridine rings is 1. The van der Waals surface area contributed by atoms with Crippen molar-refractivity contribution in [2.45, 2.75) is 103 Å². The summed E-state index contributed by atoms with van der Waals surface area (Å²) in [7, 11) is 0. The number of anilines is 1. The van der Waals surface area contributed by atoms with Crippen molar-refractivity contribution >= 4 is 17.7 Å². The van der Waals surface area contributed by atoms with E-state index in [2.05, 4.69) is 21.7 Å². The number of rotatable bonds is 7. The van der Waals surface area contributed by atoms with Gasteiger partial charge in [-0.05, 0) is 40.7 Å². The number of halogens is 2. The van der Waals surface area contributed by atoms with Crippen LogP contribution >= 0.6 is 0 Å². The van der Waals surface area contributed by atoms with Crippen LogP contribution in [0.1, 0.15) is 79.5 Å². The fourth-order valence-corrected chi connectivity index (χ4v) is 6.23. The Morgan fingerprint density at radius 1 is 1.14 bits per heavy atom. The molecule has 2 amide bonds. The van der Waals surface area contributed by atoms with Crippen LogP contribution in [0.25, 0.3) is 0 Å². The molecule has 1 unspecified atom stereocenters. The van der Waals surface area contributed by atoms with Crippen molar-refractivity contribution in [2.24, 2.45) is 0 Å². The van der Waals surface area contributed by atoms with Gasteiger partial charge in [0, 0.05) is 74.4 Å². The Bertz CT molecular complexity index is 1140. The SMILES string of the molecule is CCCC(F)(F)c1cc2c(cn1)C(C)(C)CN2C(=O)CN1C[C@@H](C)N(C(=O)OC(C)(C)C)C[C@@H]1CN1CCOCC1C. The molecule has 0 saturated carbocycles. The highest BCUT2D eigenvalue weighted by Gasteiger charge is 2.43. The van der Waals surface area contributed by atoms with Crippen molar-refractivity contribution in [3.8, 4) is 0 Å². The molecule has 2 saturated heterocycles. The van der Waals surface area contributed by atoms with Gasteiger partial charge in [0.2, 0.25) is 5.91 Å². The highest BCUT2D eigenvalue weighted by molar-refractivity contribution is 5.97. The second-order valence-corrected chi connectivity index (χ2v) is 13.9. The van der Waals surface area contributed by atoms with Crippen molar-refractivity contribution in [1.82, 2.24) is 19.7 Å². The Hall–Kier alpha value is -2.37. The first-order chi connectivity index (χ1) is 19.5. The third kappa shape index (κ3) is 7.22. The van der Waals surface area contributed by atoms with Crippen molar-refractivity contribution in [1.29, 1.82) is 0 Å². The number of aromatic nitrogens is 1. The van der Waals surface area contributed by atoms with E-state index < -0.39 is 16.9 Å². The Kier molecular flexibility index (Phi) is 9.55. The maximum Gasteiger partial charge on any atom is 0.410 e. The molecule has 11 heteroatoms. The smallest absolute Gasteiger partial charge is 0.410 e. The Morgan fingerprint density at radius 3 is 2.50 bits per heavy atom. The molecule has 0 N–H and O–H groups in total. The first-order valence-corrected chi connectivity index (χ1v) is 15.3. The van der Waals surface area contributed by atoms with E-state index in [1.807, 2.05) is 41.5 Å². The summed E-state index contributed by atoms with van der Waals surface area (Å²) in [4.78, 5) is 39.2. The molecule has 3 aliphatic rings. The highest BCUT2D eigenvalue weighted by atomic mass is 19.3. The van der Waals surface area contributed by atoms with E-state index in [1.54, 1.807) is 16.7 Å². The summed E-state index contributed by atoms with van der Waals surface area (Å²) in [6, 6.07) is 1.34. The molecule has 0 aromatic carbocycles. The number of morpholine rings is 1. The molecule has 4 heterocycles. The van der Waals surface area contributed by atoms with Gasteiger partial charge in [-0.25, -0.2) is 4.79 Å². The summed E-state index contributed by atoms with van der Waals surface area (Å²) in [6.45, 7) is 19.5. The number of amides is 2. The lowest BCUT2D eigenvalue weighted by Crippen LogP contribution is -2.64. The molecule has 0 radical (unpaired) electrons. The molecule has 42 heavy (non-hydrogen) atoms. The minimum absolute atomic E-state index is 0.116. The number of alkyl halides is 2. The molecular weight excluding hydrogens is 544 g/mol. The van der Waals surface area contributed by atoms with E-state index in [0.717, 1.165) is 12.1 Å². The number of carbonyl (C=O) groups excluding carboxylic acids is 2. The Balaban J connectivity index is 1.58. The van der Waals surface area contributed by atoms with Crippen LogP contribution in [0.3, 0.4) is 0 Å². The molecule has 0 spiro atoms. The van der Waals surface area contributed by atoms with Gasteiger partial charge in [-0.2, -0.15) is 8.78 Å². The number of carbonyl (C=O) groups is 2. The van der Waals surface area contributed by atoms with E-state index in [0.29, 0.717) is 51.5 Å². The van der Waals surface area contributed by atoms with Gasteiger partial charge in [-0.3, -0.25) is 19.6 Å². The highest BCUT2D eigenvalue weighted by Crippen LogP contribution is 2.43. The predicted octanol–water partition coefficient (Wildman–Crippen LogP) is 4.63. The van der Waals surface area contributed by atoms with Crippen LogP contribution < -0.4 is 4.90 Å². The second-order valence-electron chi connectivity index (χ2n) is 13.9. The molecule has 9 nitrogen and oxygen atoms in total. The minimum atomic E-state index is -3.06. The normalized spacial score (nSPS) is 25.4. The van der Waals surface area contributed by atoms with Gasteiger partial charge < -0.3 is 19.3 Å². The third-order valence-corrected chi connectivity index (χ3v) is 8.57. The monoisotopic (exact) mass is 593 g/mol. The molecule has 1 aromatic heterocycles. The summed E-state index contributed by atoms with van der Waals surface area (Å²) >= 11 is 0.